The lowest BCUT2D eigenvalue weighted by Crippen LogP contribution is -2.39. The van der Waals surface area contributed by atoms with Gasteiger partial charge in [0.1, 0.15) is 23.7 Å². The zero-order chi connectivity index (χ0) is 19.9. The molecule has 0 spiro atoms. The van der Waals surface area contributed by atoms with Crippen LogP contribution in [0.25, 0.3) is 10.8 Å². The lowest BCUT2D eigenvalue weighted by atomic mass is 10.1. The minimum Gasteiger partial charge on any atom is -0.488 e. The molecule has 2 heterocycles. The van der Waals surface area contributed by atoms with Gasteiger partial charge < -0.3 is 14.2 Å². The Bertz CT molecular complexity index is 1070. The van der Waals surface area contributed by atoms with E-state index in [2.05, 4.69) is 4.98 Å². The SMILES string of the molecule is CC1(C)OC(=O)c2c(OCc3ccc4cnccc4c3)cc(C(F)F)cc2O1. The number of carbonyl (C=O) groups excluding carboxylic acids is 1. The highest BCUT2D eigenvalue weighted by Gasteiger charge is 2.37. The molecular formula is C21H17F2NO4. The predicted octanol–water partition coefficient (Wildman–Crippen LogP) is 5.04. The summed E-state index contributed by atoms with van der Waals surface area (Å²) in [6, 6.07) is 9.83. The number of nitrogens with zero attached hydrogens (tertiary/aromatic N) is 1. The van der Waals surface area contributed by atoms with Crippen LogP contribution in [0.1, 0.15) is 41.8 Å². The van der Waals surface area contributed by atoms with Crippen LogP contribution in [-0.2, 0) is 11.3 Å². The average molecular weight is 385 g/mol. The number of alkyl halides is 2. The van der Waals surface area contributed by atoms with Gasteiger partial charge in [0.25, 0.3) is 6.43 Å². The number of benzene rings is 2. The molecule has 0 amide bonds. The van der Waals surface area contributed by atoms with Gasteiger partial charge in [-0.05, 0) is 35.2 Å². The van der Waals surface area contributed by atoms with Gasteiger partial charge in [0.15, 0.2) is 0 Å². The van der Waals surface area contributed by atoms with Crippen LogP contribution in [0.2, 0.25) is 0 Å². The number of aromatic nitrogens is 1. The number of rotatable bonds is 4. The third-order valence-corrected chi connectivity index (χ3v) is 4.34. The molecular weight excluding hydrogens is 368 g/mol. The van der Waals surface area contributed by atoms with E-state index in [9.17, 15) is 13.6 Å². The highest BCUT2D eigenvalue weighted by atomic mass is 19.3. The third kappa shape index (κ3) is 3.47. The Labute approximate surface area is 159 Å². The first-order chi connectivity index (χ1) is 13.3. The maximum absolute atomic E-state index is 13.3. The molecule has 144 valence electrons. The first-order valence-electron chi connectivity index (χ1n) is 8.66. The molecule has 0 radical (unpaired) electrons. The van der Waals surface area contributed by atoms with Crippen molar-refractivity contribution in [1.82, 2.24) is 4.98 Å². The Morgan fingerprint density at radius 2 is 1.93 bits per heavy atom. The second-order valence-electron chi connectivity index (χ2n) is 6.93. The molecule has 0 aliphatic carbocycles. The fourth-order valence-electron chi connectivity index (χ4n) is 3.08. The molecule has 1 aliphatic rings. The number of ether oxygens (including phenoxy) is 3. The molecule has 28 heavy (non-hydrogen) atoms. The summed E-state index contributed by atoms with van der Waals surface area (Å²) >= 11 is 0. The number of hydrogen-bond donors (Lipinski definition) is 0. The summed E-state index contributed by atoms with van der Waals surface area (Å²) in [5.41, 5.74) is 0.540. The third-order valence-electron chi connectivity index (χ3n) is 4.34. The molecule has 0 unspecified atom stereocenters. The molecule has 0 atom stereocenters. The van der Waals surface area contributed by atoms with Gasteiger partial charge in [-0.2, -0.15) is 0 Å². The topological polar surface area (TPSA) is 57.7 Å². The number of carbonyl (C=O) groups is 1. The van der Waals surface area contributed by atoms with Crippen molar-refractivity contribution in [3.63, 3.8) is 0 Å². The maximum Gasteiger partial charge on any atom is 0.349 e. The van der Waals surface area contributed by atoms with Gasteiger partial charge in [-0.1, -0.05) is 12.1 Å². The summed E-state index contributed by atoms with van der Waals surface area (Å²) in [6.45, 7) is 3.16. The Morgan fingerprint density at radius 3 is 2.71 bits per heavy atom. The Kier molecular flexibility index (Phi) is 4.37. The average Bonchev–Trinajstić information content (AvgIpc) is 2.64. The minimum absolute atomic E-state index is 0.00289. The molecule has 1 aliphatic heterocycles. The van der Waals surface area contributed by atoms with Crippen LogP contribution in [-0.4, -0.2) is 16.7 Å². The Hall–Kier alpha value is -3.22. The summed E-state index contributed by atoms with van der Waals surface area (Å²) in [6.07, 6.45) is 0.702. The first-order valence-corrected chi connectivity index (χ1v) is 8.66. The van der Waals surface area contributed by atoms with E-state index in [1.165, 1.54) is 13.8 Å². The number of hydrogen-bond acceptors (Lipinski definition) is 5. The van der Waals surface area contributed by atoms with Gasteiger partial charge in [0, 0.05) is 37.2 Å². The van der Waals surface area contributed by atoms with Crippen LogP contribution in [0.15, 0.2) is 48.8 Å². The van der Waals surface area contributed by atoms with Gasteiger partial charge in [0.05, 0.1) is 0 Å². The van der Waals surface area contributed by atoms with Crippen LogP contribution < -0.4 is 9.47 Å². The largest absolute Gasteiger partial charge is 0.488 e. The van der Waals surface area contributed by atoms with Crippen LogP contribution in [0.4, 0.5) is 8.78 Å². The van der Waals surface area contributed by atoms with Crippen LogP contribution in [0.3, 0.4) is 0 Å². The molecule has 0 saturated heterocycles. The van der Waals surface area contributed by atoms with E-state index in [1.807, 2.05) is 24.3 Å². The summed E-state index contributed by atoms with van der Waals surface area (Å²) in [4.78, 5) is 16.5. The molecule has 1 aromatic heterocycles. The molecule has 5 nitrogen and oxygen atoms in total. The van der Waals surface area contributed by atoms with Crippen LogP contribution in [0.5, 0.6) is 11.5 Å². The van der Waals surface area contributed by atoms with Crippen molar-refractivity contribution >= 4 is 16.7 Å². The number of pyridine rings is 1. The van der Waals surface area contributed by atoms with Crippen molar-refractivity contribution in [3.05, 3.63) is 65.5 Å². The minimum atomic E-state index is -2.73. The molecule has 0 bridgehead atoms. The smallest absolute Gasteiger partial charge is 0.349 e. The van der Waals surface area contributed by atoms with Crippen molar-refractivity contribution in [2.24, 2.45) is 0 Å². The van der Waals surface area contributed by atoms with Gasteiger partial charge in [-0.25, -0.2) is 13.6 Å². The lowest BCUT2D eigenvalue weighted by Gasteiger charge is -2.32. The highest BCUT2D eigenvalue weighted by Crippen LogP contribution is 2.40. The zero-order valence-corrected chi connectivity index (χ0v) is 15.2. The summed E-state index contributed by atoms with van der Waals surface area (Å²) in [7, 11) is 0. The maximum atomic E-state index is 13.3. The van der Waals surface area contributed by atoms with Crippen LogP contribution >= 0.6 is 0 Å². The number of esters is 1. The zero-order valence-electron chi connectivity index (χ0n) is 15.2. The monoisotopic (exact) mass is 385 g/mol. The Balaban J connectivity index is 1.68. The van der Waals surface area contributed by atoms with Gasteiger partial charge in [-0.15, -0.1) is 0 Å². The predicted molar refractivity (Wildman–Crippen MR) is 97.6 cm³/mol. The second-order valence-corrected chi connectivity index (χ2v) is 6.93. The lowest BCUT2D eigenvalue weighted by molar-refractivity contribution is -0.127. The van der Waals surface area contributed by atoms with E-state index in [0.717, 1.165) is 28.5 Å². The van der Waals surface area contributed by atoms with Gasteiger partial charge >= 0.3 is 5.97 Å². The van der Waals surface area contributed by atoms with Gasteiger partial charge in [-0.3, -0.25) is 4.98 Å². The van der Waals surface area contributed by atoms with E-state index in [1.54, 1.807) is 12.4 Å². The second kappa shape index (κ2) is 6.74. The summed E-state index contributed by atoms with van der Waals surface area (Å²) < 4.78 is 43.1. The molecule has 0 fully saturated rings. The fourth-order valence-corrected chi connectivity index (χ4v) is 3.08. The molecule has 0 N–H and O–H groups in total. The van der Waals surface area contributed by atoms with E-state index < -0.39 is 18.2 Å². The first kappa shape index (κ1) is 18.2. The van der Waals surface area contributed by atoms with Gasteiger partial charge in [0.2, 0.25) is 5.79 Å². The van der Waals surface area contributed by atoms with Crippen LogP contribution in [0, 0.1) is 0 Å². The Morgan fingerprint density at radius 1 is 1.11 bits per heavy atom. The van der Waals surface area contributed by atoms with E-state index in [4.69, 9.17) is 14.2 Å². The van der Waals surface area contributed by atoms with Crippen molar-refractivity contribution in [2.75, 3.05) is 0 Å². The number of halogens is 2. The molecule has 3 aromatic rings. The molecule has 4 rings (SSSR count). The van der Waals surface area contributed by atoms with Crippen molar-refractivity contribution < 1.29 is 27.8 Å². The fraction of sp³-hybridized carbons (Fsp3) is 0.238. The normalized spacial score (nSPS) is 15.1. The quantitative estimate of drug-likeness (QED) is 0.589. The highest BCUT2D eigenvalue weighted by molar-refractivity contribution is 5.97. The number of fused-ring (bicyclic) bond motifs is 2. The molecule has 0 saturated carbocycles. The standard InChI is InChI=1S/C21H17F2NO4/c1-21(2)27-17-9-15(19(22)23)8-16(18(17)20(25)28-21)26-11-12-3-4-14-10-24-6-5-13(14)7-12/h3-10,19H,11H2,1-2H3. The van der Waals surface area contributed by atoms with E-state index >= 15 is 0 Å². The van der Waals surface area contributed by atoms with E-state index in [-0.39, 0.29) is 29.2 Å². The van der Waals surface area contributed by atoms with Crippen molar-refractivity contribution in [1.29, 1.82) is 0 Å². The summed E-state index contributed by atoms with van der Waals surface area (Å²) in [5, 5.41) is 1.95. The van der Waals surface area contributed by atoms with E-state index in [0.29, 0.717) is 0 Å². The molecule has 2 aromatic carbocycles. The summed E-state index contributed by atoms with van der Waals surface area (Å²) in [5.74, 6) is -1.89. The number of cyclic esters (lactones) is 1. The van der Waals surface area contributed by atoms with Crippen molar-refractivity contribution in [2.45, 2.75) is 32.7 Å². The van der Waals surface area contributed by atoms with Crippen molar-refractivity contribution in [3.8, 4) is 11.5 Å². The molecule has 7 heteroatoms.